The van der Waals surface area contributed by atoms with Crippen LogP contribution in [0.1, 0.15) is 40.0 Å². The lowest BCUT2D eigenvalue weighted by Crippen LogP contribution is -2.44. The van der Waals surface area contributed by atoms with E-state index >= 15 is 0 Å². The van der Waals surface area contributed by atoms with Gasteiger partial charge in [-0.3, -0.25) is 4.18 Å². The second kappa shape index (κ2) is 5.76. The quantitative estimate of drug-likeness (QED) is 0.728. The average molecular weight is 319 g/mol. The van der Waals surface area contributed by atoms with Crippen LogP contribution in [0.15, 0.2) is 0 Å². The Morgan fingerprint density at radius 2 is 1.81 bits per heavy atom. The molecule has 0 aromatic rings. The molecule has 21 heavy (non-hydrogen) atoms. The lowest BCUT2D eigenvalue weighted by molar-refractivity contribution is 0.0127. The summed E-state index contributed by atoms with van der Waals surface area (Å²) in [4.78, 5) is 13.8. The van der Waals surface area contributed by atoms with Gasteiger partial charge in [0.25, 0.3) is 10.1 Å². The van der Waals surface area contributed by atoms with Crippen LogP contribution in [0, 0.1) is 11.8 Å². The number of nitrogens with zero attached hydrogens (tertiary/aromatic N) is 1. The van der Waals surface area contributed by atoms with Crippen molar-refractivity contribution in [2.45, 2.75) is 51.7 Å². The highest BCUT2D eigenvalue weighted by atomic mass is 32.2. The Morgan fingerprint density at radius 1 is 1.19 bits per heavy atom. The smallest absolute Gasteiger partial charge is 0.410 e. The van der Waals surface area contributed by atoms with Gasteiger partial charge in [-0.25, -0.2) is 4.79 Å². The lowest BCUT2D eigenvalue weighted by Gasteiger charge is -2.35. The normalized spacial score (nSPS) is 30.1. The molecule has 1 heterocycles. The first-order valence-electron chi connectivity index (χ1n) is 7.40. The maximum absolute atomic E-state index is 12.1. The SMILES string of the molecule is CC(C)(C)OC(=O)N1CCC2CC(OS(C)(=O)=O)CC2C1. The second-order valence-corrected chi connectivity index (χ2v) is 8.73. The molecule has 2 rings (SSSR count). The van der Waals surface area contributed by atoms with Gasteiger partial charge >= 0.3 is 6.09 Å². The van der Waals surface area contributed by atoms with Gasteiger partial charge in [-0.2, -0.15) is 8.42 Å². The third-order valence-corrected chi connectivity index (χ3v) is 4.61. The molecule has 1 aliphatic carbocycles. The van der Waals surface area contributed by atoms with Gasteiger partial charge in [-0.1, -0.05) is 0 Å². The number of ether oxygens (including phenoxy) is 1. The van der Waals surface area contributed by atoms with E-state index < -0.39 is 15.7 Å². The number of rotatable bonds is 2. The summed E-state index contributed by atoms with van der Waals surface area (Å²) in [5, 5.41) is 0. The molecule has 1 aliphatic heterocycles. The van der Waals surface area contributed by atoms with Gasteiger partial charge in [0, 0.05) is 13.1 Å². The topological polar surface area (TPSA) is 72.9 Å². The maximum Gasteiger partial charge on any atom is 0.410 e. The summed E-state index contributed by atoms with van der Waals surface area (Å²) in [6.07, 6.45) is 2.90. The molecule has 3 atom stereocenters. The molecular formula is C14H25NO5S. The molecule has 1 saturated heterocycles. The Hall–Kier alpha value is -0.820. The Balaban J connectivity index is 1.91. The fourth-order valence-corrected chi connectivity index (χ4v) is 3.90. The van der Waals surface area contributed by atoms with Crippen molar-refractivity contribution in [2.24, 2.45) is 11.8 Å². The van der Waals surface area contributed by atoms with E-state index in [0.717, 1.165) is 19.1 Å². The molecule has 0 aromatic heterocycles. The van der Waals surface area contributed by atoms with E-state index in [-0.39, 0.29) is 12.2 Å². The van der Waals surface area contributed by atoms with Crippen LogP contribution in [0.5, 0.6) is 0 Å². The predicted octanol–water partition coefficient (Wildman–Crippen LogP) is 2.00. The summed E-state index contributed by atoms with van der Waals surface area (Å²) in [7, 11) is -3.41. The average Bonchev–Trinajstić information content (AvgIpc) is 2.64. The Bertz CT molecular complexity index is 496. The number of piperidine rings is 1. The van der Waals surface area contributed by atoms with Crippen molar-refractivity contribution in [1.29, 1.82) is 0 Å². The number of likely N-dealkylation sites (tertiary alicyclic amines) is 1. The van der Waals surface area contributed by atoms with E-state index in [1.807, 2.05) is 20.8 Å². The summed E-state index contributed by atoms with van der Waals surface area (Å²) >= 11 is 0. The number of carbonyl (C=O) groups is 1. The highest BCUT2D eigenvalue weighted by Crippen LogP contribution is 2.40. The molecule has 2 aliphatic rings. The van der Waals surface area contributed by atoms with Gasteiger partial charge < -0.3 is 9.64 Å². The van der Waals surface area contributed by atoms with Gasteiger partial charge in [0.2, 0.25) is 0 Å². The highest BCUT2D eigenvalue weighted by molar-refractivity contribution is 7.86. The molecule has 0 N–H and O–H groups in total. The van der Waals surface area contributed by atoms with Gasteiger partial charge in [0.1, 0.15) is 5.60 Å². The minimum absolute atomic E-state index is 0.242. The van der Waals surface area contributed by atoms with Crippen LogP contribution in [-0.2, 0) is 19.0 Å². The largest absolute Gasteiger partial charge is 0.444 e. The highest BCUT2D eigenvalue weighted by Gasteiger charge is 2.41. The zero-order valence-electron chi connectivity index (χ0n) is 13.2. The molecule has 1 amide bonds. The molecule has 2 fully saturated rings. The van der Waals surface area contributed by atoms with E-state index in [9.17, 15) is 13.2 Å². The summed E-state index contributed by atoms with van der Waals surface area (Å²) < 4.78 is 32.9. The molecule has 6 nitrogen and oxygen atoms in total. The minimum Gasteiger partial charge on any atom is -0.444 e. The van der Waals surface area contributed by atoms with Crippen molar-refractivity contribution in [2.75, 3.05) is 19.3 Å². The van der Waals surface area contributed by atoms with Crippen molar-refractivity contribution in [3.8, 4) is 0 Å². The molecule has 3 unspecified atom stereocenters. The van der Waals surface area contributed by atoms with Gasteiger partial charge in [-0.05, 0) is 51.9 Å². The molecule has 0 aromatic carbocycles. The first-order valence-corrected chi connectivity index (χ1v) is 9.21. The zero-order chi connectivity index (χ0) is 15.8. The standard InChI is InChI=1S/C14H25NO5S/c1-14(2,3)19-13(16)15-6-5-10-7-12(8-11(10)9-15)20-21(4,17)18/h10-12H,5-9H2,1-4H3. The van der Waals surface area contributed by atoms with E-state index in [1.165, 1.54) is 0 Å². The molecule has 0 radical (unpaired) electrons. The molecule has 7 heteroatoms. The van der Waals surface area contributed by atoms with Crippen LogP contribution in [0.4, 0.5) is 4.79 Å². The van der Waals surface area contributed by atoms with Crippen LogP contribution in [-0.4, -0.2) is 50.5 Å². The summed E-state index contributed by atoms with van der Waals surface area (Å²) in [5.41, 5.74) is -0.495. The number of amides is 1. The summed E-state index contributed by atoms with van der Waals surface area (Å²) in [6, 6.07) is 0. The third kappa shape index (κ3) is 4.85. The van der Waals surface area contributed by atoms with Crippen LogP contribution in [0.2, 0.25) is 0 Å². The van der Waals surface area contributed by atoms with Crippen LogP contribution >= 0.6 is 0 Å². The van der Waals surface area contributed by atoms with E-state index in [1.54, 1.807) is 4.90 Å². The second-order valence-electron chi connectivity index (χ2n) is 7.13. The van der Waals surface area contributed by atoms with Crippen molar-refractivity contribution in [3.63, 3.8) is 0 Å². The van der Waals surface area contributed by atoms with E-state index in [4.69, 9.17) is 8.92 Å². The summed E-state index contributed by atoms with van der Waals surface area (Å²) in [5.74, 6) is 0.744. The summed E-state index contributed by atoms with van der Waals surface area (Å²) in [6.45, 7) is 6.85. The van der Waals surface area contributed by atoms with Crippen molar-refractivity contribution >= 4 is 16.2 Å². The van der Waals surface area contributed by atoms with Gasteiger partial charge in [-0.15, -0.1) is 0 Å². The van der Waals surface area contributed by atoms with Crippen molar-refractivity contribution < 1.29 is 22.1 Å². The molecule has 122 valence electrons. The first-order chi connectivity index (χ1) is 9.53. The monoisotopic (exact) mass is 319 g/mol. The lowest BCUT2D eigenvalue weighted by atomic mass is 9.89. The first kappa shape index (κ1) is 16.5. The van der Waals surface area contributed by atoms with E-state index in [0.29, 0.717) is 31.3 Å². The van der Waals surface area contributed by atoms with Crippen LogP contribution in [0.25, 0.3) is 0 Å². The minimum atomic E-state index is -3.41. The predicted molar refractivity (Wildman–Crippen MR) is 78.4 cm³/mol. The number of fused-ring (bicyclic) bond motifs is 1. The number of hydrogen-bond acceptors (Lipinski definition) is 5. The van der Waals surface area contributed by atoms with E-state index in [2.05, 4.69) is 0 Å². The van der Waals surface area contributed by atoms with Crippen molar-refractivity contribution in [3.05, 3.63) is 0 Å². The number of carbonyl (C=O) groups excluding carboxylic acids is 1. The van der Waals surface area contributed by atoms with Crippen LogP contribution < -0.4 is 0 Å². The third-order valence-electron chi connectivity index (χ3n) is 3.99. The Labute approximate surface area is 126 Å². The fourth-order valence-electron chi connectivity index (χ4n) is 3.25. The molecular weight excluding hydrogens is 294 g/mol. The zero-order valence-corrected chi connectivity index (χ0v) is 14.0. The Morgan fingerprint density at radius 3 is 2.38 bits per heavy atom. The Kier molecular flexibility index (Phi) is 4.54. The fraction of sp³-hybridized carbons (Fsp3) is 0.929. The number of hydrogen-bond donors (Lipinski definition) is 0. The van der Waals surface area contributed by atoms with Crippen LogP contribution in [0.3, 0.4) is 0 Å². The van der Waals surface area contributed by atoms with Gasteiger partial charge in [0.15, 0.2) is 0 Å². The van der Waals surface area contributed by atoms with Gasteiger partial charge in [0.05, 0.1) is 12.4 Å². The molecule has 0 spiro atoms. The molecule has 1 saturated carbocycles. The maximum atomic E-state index is 12.1. The van der Waals surface area contributed by atoms with Crippen molar-refractivity contribution in [1.82, 2.24) is 4.90 Å². The molecule has 0 bridgehead atoms.